The van der Waals surface area contributed by atoms with E-state index in [4.69, 9.17) is 0 Å². The van der Waals surface area contributed by atoms with E-state index in [0.29, 0.717) is 17.4 Å². The highest BCUT2D eigenvalue weighted by molar-refractivity contribution is 9.10. The van der Waals surface area contributed by atoms with Crippen molar-refractivity contribution in [3.05, 3.63) is 16.5 Å². The standard InChI is InChI=1S/C15H24BrN3/c1-10(2)14-18-12(16)8-13(19-14)17-11-6-5-7-15(3,4)9-11/h8,10-11H,5-7,9H2,1-4H3,(H,17,18,19). The first-order chi connectivity index (χ1) is 8.85. The second-order valence-corrected chi connectivity index (χ2v) is 7.50. The minimum atomic E-state index is 0.348. The molecular weight excluding hydrogens is 302 g/mol. The van der Waals surface area contributed by atoms with Crippen LogP contribution < -0.4 is 5.32 Å². The van der Waals surface area contributed by atoms with Gasteiger partial charge in [-0.3, -0.25) is 0 Å². The lowest BCUT2D eigenvalue weighted by atomic mass is 9.75. The quantitative estimate of drug-likeness (QED) is 0.815. The smallest absolute Gasteiger partial charge is 0.134 e. The van der Waals surface area contributed by atoms with Gasteiger partial charge in [-0.2, -0.15) is 0 Å². The van der Waals surface area contributed by atoms with Gasteiger partial charge in [0.1, 0.15) is 16.2 Å². The summed E-state index contributed by atoms with van der Waals surface area (Å²) in [6.07, 6.45) is 5.08. The molecule has 0 aromatic carbocycles. The zero-order valence-electron chi connectivity index (χ0n) is 12.3. The Morgan fingerprint density at radius 3 is 2.74 bits per heavy atom. The van der Waals surface area contributed by atoms with Crippen molar-refractivity contribution in [1.82, 2.24) is 9.97 Å². The summed E-state index contributed by atoms with van der Waals surface area (Å²) < 4.78 is 0.865. The van der Waals surface area contributed by atoms with Crippen molar-refractivity contribution in [2.24, 2.45) is 5.41 Å². The van der Waals surface area contributed by atoms with E-state index in [-0.39, 0.29) is 0 Å². The highest BCUT2D eigenvalue weighted by Gasteiger charge is 2.28. The molecule has 1 aliphatic rings. The number of halogens is 1. The first-order valence-corrected chi connectivity index (χ1v) is 7.96. The lowest BCUT2D eigenvalue weighted by Crippen LogP contribution is -2.32. The lowest BCUT2D eigenvalue weighted by Gasteiger charge is -2.35. The molecule has 1 unspecified atom stereocenters. The molecule has 2 rings (SSSR count). The van der Waals surface area contributed by atoms with E-state index in [2.05, 4.69) is 58.9 Å². The maximum atomic E-state index is 4.62. The molecule has 1 N–H and O–H groups in total. The zero-order chi connectivity index (χ0) is 14.0. The Morgan fingerprint density at radius 1 is 1.37 bits per heavy atom. The molecule has 1 heterocycles. The van der Waals surface area contributed by atoms with Gasteiger partial charge in [0.25, 0.3) is 0 Å². The highest BCUT2D eigenvalue weighted by Crippen LogP contribution is 2.36. The van der Waals surface area contributed by atoms with Gasteiger partial charge in [0.2, 0.25) is 0 Å². The summed E-state index contributed by atoms with van der Waals surface area (Å²) >= 11 is 3.48. The summed E-state index contributed by atoms with van der Waals surface area (Å²) in [6.45, 7) is 8.96. The van der Waals surface area contributed by atoms with Gasteiger partial charge >= 0.3 is 0 Å². The third-order valence-electron chi connectivity index (χ3n) is 3.79. The Labute approximate surface area is 124 Å². The SMILES string of the molecule is CC(C)c1nc(Br)cc(NC2CCCC(C)(C)C2)n1. The number of hydrogen-bond acceptors (Lipinski definition) is 3. The molecule has 0 aliphatic heterocycles. The topological polar surface area (TPSA) is 37.8 Å². The van der Waals surface area contributed by atoms with Crippen molar-refractivity contribution in [3.8, 4) is 0 Å². The van der Waals surface area contributed by atoms with Crippen LogP contribution in [0.5, 0.6) is 0 Å². The van der Waals surface area contributed by atoms with Crippen LogP contribution in [0.4, 0.5) is 5.82 Å². The maximum absolute atomic E-state index is 4.62. The molecule has 0 amide bonds. The molecule has 1 aromatic rings. The van der Waals surface area contributed by atoms with Crippen LogP contribution in [0.3, 0.4) is 0 Å². The van der Waals surface area contributed by atoms with Gasteiger partial charge in [-0.15, -0.1) is 0 Å². The molecule has 0 spiro atoms. The minimum absolute atomic E-state index is 0.348. The van der Waals surface area contributed by atoms with Crippen LogP contribution in [-0.2, 0) is 0 Å². The van der Waals surface area contributed by atoms with Crippen LogP contribution in [0.25, 0.3) is 0 Å². The molecule has 4 heteroatoms. The van der Waals surface area contributed by atoms with Crippen LogP contribution in [0.15, 0.2) is 10.7 Å². The van der Waals surface area contributed by atoms with Gasteiger partial charge in [-0.1, -0.05) is 34.1 Å². The van der Waals surface area contributed by atoms with E-state index in [0.717, 1.165) is 16.2 Å². The molecule has 1 fully saturated rings. The number of nitrogens with zero attached hydrogens (tertiary/aromatic N) is 2. The molecule has 106 valence electrons. The molecule has 0 saturated heterocycles. The number of anilines is 1. The number of aromatic nitrogens is 2. The summed E-state index contributed by atoms with van der Waals surface area (Å²) in [7, 11) is 0. The van der Waals surface area contributed by atoms with Crippen molar-refractivity contribution >= 4 is 21.7 Å². The summed E-state index contributed by atoms with van der Waals surface area (Å²) in [6, 6.07) is 2.51. The third-order valence-corrected chi connectivity index (χ3v) is 4.19. The van der Waals surface area contributed by atoms with E-state index in [1.54, 1.807) is 0 Å². The average Bonchev–Trinajstić information content (AvgIpc) is 2.26. The van der Waals surface area contributed by atoms with Gasteiger partial charge in [-0.05, 0) is 40.6 Å². The molecule has 0 bridgehead atoms. The van der Waals surface area contributed by atoms with Crippen molar-refractivity contribution in [2.45, 2.75) is 65.3 Å². The zero-order valence-corrected chi connectivity index (χ0v) is 13.9. The molecule has 1 aliphatic carbocycles. The van der Waals surface area contributed by atoms with Gasteiger partial charge in [-0.25, -0.2) is 9.97 Å². The molecule has 0 radical (unpaired) electrons. The van der Waals surface area contributed by atoms with Gasteiger partial charge in [0.15, 0.2) is 0 Å². The minimum Gasteiger partial charge on any atom is -0.367 e. The predicted octanol–water partition coefficient (Wildman–Crippen LogP) is 4.74. The fourth-order valence-electron chi connectivity index (χ4n) is 2.80. The molecule has 1 atom stereocenters. The van der Waals surface area contributed by atoms with Gasteiger partial charge in [0.05, 0.1) is 0 Å². The predicted molar refractivity (Wildman–Crippen MR) is 83.5 cm³/mol. The number of hydrogen-bond donors (Lipinski definition) is 1. The Bertz CT molecular complexity index is 443. The van der Waals surface area contributed by atoms with E-state index in [1.165, 1.54) is 25.7 Å². The summed E-state index contributed by atoms with van der Waals surface area (Å²) in [5.41, 5.74) is 0.445. The molecule has 19 heavy (non-hydrogen) atoms. The molecule has 1 aromatic heterocycles. The summed E-state index contributed by atoms with van der Waals surface area (Å²) in [5.74, 6) is 2.20. The van der Waals surface area contributed by atoms with E-state index < -0.39 is 0 Å². The van der Waals surface area contributed by atoms with Gasteiger partial charge < -0.3 is 5.32 Å². The maximum Gasteiger partial charge on any atom is 0.134 e. The Morgan fingerprint density at radius 2 is 2.11 bits per heavy atom. The highest BCUT2D eigenvalue weighted by atomic mass is 79.9. The normalized spacial score (nSPS) is 22.5. The largest absolute Gasteiger partial charge is 0.367 e. The fraction of sp³-hybridized carbons (Fsp3) is 0.733. The molecular formula is C15H24BrN3. The second-order valence-electron chi connectivity index (χ2n) is 6.69. The van der Waals surface area contributed by atoms with E-state index >= 15 is 0 Å². The lowest BCUT2D eigenvalue weighted by molar-refractivity contribution is 0.229. The van der Waals surface area contributed by atoms with Crippen LogP contribution >= 0.6 is 15.9 Å². The van der Waals surface area contributed by atoms with Crippen LogP contribution in [0.1, 0.15) is 65.1 Å². The summed E-state index contributed by atoms with van der Waals surface area (Å²) in [5, 5.41) is 3.59. The molecule has 1 saturated carbocycles. The first-order valence-electron chi connectivity index (χ1n) is 7.17. The number of nitrogens with one attached hydrogen (secondary N) is 1. The Hall–Kier alpha value is -0.640. The summed E-state index contributed by atoms with van der Waals surface area (Å²) in [4.78, 5) is 9.04. The van der Waals surface area contributed by atoms with Crippen LogP contribution in [0.2, 0.25) is 0 Å². The monoisotopic (exact) mass is 325 g/mol. The van der Waals surface area contributed by atoms with Crippen molar-refractivity contribution in [3.63, 3.8) is 0 Å². The van der Waals surface area contributed by atoms with Crippen LogP contribution in [0, 0.1) is 5.41 Å². The third kappa shape index (κ3) is 4.16. The Balaban J connectivity index is 2.10. The first kappa shape index (κ1) is 14.8. The fourth-order valence-corrected chi connectivity index (χ4v) is 3.20. The number of rotatable bonds is 3. The van der Waals surface area contributed by atoms with Crippen LogP contribution in [-0.4, -0.2) is 16.0 Å². The van der Waals surface area contributed by atoms with E-state index in [9.17, 15) is 0 Å². The van der Waals surface area contributed by atoms with Crippen molar-refractivity contribution < 1.29 is 0 Å². The van der Waals surface area contributed by atoms with Crippen molar-refractivity contribution in [2.75, 3.05) is 5.32 Å². The second kappa shape index (κ2) is 5.78. The average molecular weight is 326 g/mol. The van der Waals surface area contributed by atoms with Gasteiger partial charge in [0, 0.05) is 18.0 Å². The van der Waals surface area contributed by atoms with Crippen molar-refractivity contribution in [1.29, 1.82) is 0 Å². The van der Waals surface area contributed by atoms with E-state index in [1.807, 2.05) is 6.07 Å². The molecule has 3 nitrogen and oxygen atoms in total. The Kier molecular flexibility index (Phi) is 4.49.